The van der Waals surface area contributed by atoms with Crippen molar-refractivity contribution in [1.82, 2.24) is 0 Å². The van der Waals surface area contributed by atoms with Gasteiger partial charge in [0.2, 0.25) is 0 Å². The summed E-state index contributed by atoms with van der Waals surface area (Å²) in [5.74, 6) is 3.03. The van der Waals surface area contributed by atoms with Gasteiger partial charge in [-0.05, 0) is 85.3 Å². The second-order valence-electron chi connectivity index (χ2n) is 8.69. The van der Waals surface area contributed by atoms with E-state index in [1.165, 1.54) is 49.7 Å². The number of hydrogen-bond donors (Lipinski definition) is 0. The molecule has 0 amide bonds. The third-order valence-corrected chi connectivity index (χ3v) is 7.49. The Bertz CT molecular complexity index is 687. The van der Waals surface area contributed by atoms with Gasteiger partial charge >= 0.3 is 0 Å². The second kappa shape index (κ2) is 7.70. The normalized spacial score (nSPS) is 31.5. The van der Waals surface area contributed by atoms with Gasteiger partial charge in [0.1, 0.15) is 10.5 Å². The maximum atomic E-state index is 4.68. The molecule has 2 aromatic rings. The fourth-order valence-corrected chi connectivity index (χ4v) is 6.26. The summed E-state index contributed by atoms with van der Waals surface area (Å²) in [6, 6.07) is 20.3. The second-order valence-corrected chi connectivity index (χ2v) is 9.26. The molecule has 6 rings (SSSR count). The van der Waals surface area contributed by atoms with E-state index >= 15 is 0 Å². The van der Waals surface area contributed by atoms with Crippen LogP contribution >= 0.6 is 0 Å². The summed E-state index contributed by atoms with van der Waals surface area (Å²) < 4.78 is 4.68. The van der Waals surface area contributed by atoms with E-state index in [0.29, 0.717) is 5.41 Å². The van der Waals surface area contributed by atoms with Crippen molar-refractivity contribution in [2.75, 3.05) is 6.61 Å². The first kappa shape index (κ1) is 18.0. The minimum absolute atomic E-state index is 0.487. The molecule has 4 aliphatic carbocycles. The molecule has 138 valence electrons. The molecule has 0 N–H and O–H groups in total. The Morgan fingerprint density at radius 3 is 1.88 bits per heavy atom. The van der Waals surface area contributed by atoms with E-state index in [4.69, 9.17) is 0 Å². The molecular weight excluding hydrogens is 332 g/mol. The highest BCUT2D eigenvalue weighted by Crippen LogP contribution is 2.61. The van der Waals surface area contributed by atoms with Crippen LogP contribution in [0.4, 0.5) is 0 Å². The van der Waals surface area contributed by atoms with Crippen molar-refractivity contribution in [1.29, 1.82) is 0 Å². The minimum Gasteiger partial charge on any atom is -0.428 e. The topological polar surface area (TPSA) is 9.23 Å². The zero-order valence-electron chi connectivity index (χ0n) is 16.3. The van der Waals surface area contributed by atoms with Gasteiger partial charge in [-0.3, -0.25) is 0 Å². The molecular formula is C24H32OSi. The van der Waals surface area contributed by atoms with Crippen LogP contribution in [0.15, 0.2) is 54.6 Å². The van der Waals surface area contributed by atoms with E-state index in [1.54, 1.807) is 5.56 Å². The predicted octanol–water partition coefficient (Wildman–Crippen LogP) is 5.12. The van der Waals surface area contributed by atoms with Gasteiger partial charge in [-0.15, -0.1) is 0 Å². The van der Waals surface area contributed by atoms with Gasteiger partial charge in [-0.25, -0.2) is 0 Å². The maximum Gasteiger partial charge on any atom is 0.145 e. The van der Waals surface area contributed by atoms with E-state index in [9.17, 15) is 0 Å². The van der Waals surface area contributed by atoms with Crippen molar-refractivity contribution in [3.63, 3.8) is 0 Å². The van der Waals surface area contributed by atoms with E-state index in [0.717, 1.165) is 34.8 Å². The first-order valence-corrected chi connectivity index (χ1v) is 11.2. The smallest absolute Gasteiger partial charge is 0.145 e. The monoisotopic (exact) mass is 364 g/mol. The molecule has 0 radical (unpaired) electrons. The van der Waals surface area contributed by atoms with E-state index in [1.807, 2.05) is 6.92 Å². The lowest BCUT2D eigenvalue weighted by Gasteiger charge is -2.57. The molecule has 4 saturated carbocycles. The van der Waals surface area contributed by atoms with Crippen LogP contribution in [-0.4, -0.2) is 17.1 Å². The summed E-state index contributed by atoms with van der Waals surface area (Å²) in [7, 11) is 0.890. The van der Waals surface area contributed by atoms with Crippen LogP contribution < -0.4 is 0 Å². The summed E-state index contributed by atoms with van der Waals surface area (Å²) in [5, 5.41) is 0. The lowest BCUT2D eigenvalue weighted by Crippen LogP contribution is -2.48. The Labute approximate surface area is 161 Å². The lowest BCUT2D eigenvalue weighted by molar-refractivity contribution is -0.00492. The summed E-state index contributed by atoms with van der Waals surface area (Å²) in [6.45, 7) is 2.87. The molecule has 0 aliphatic heterocycles. The van der Waals surface area contributed by atoms with E-state index in [-0.39, 0.29) is 0 Å². The van der Waals surface area contributed by atoms with Gasteiger partial charge in [-0.1, -0.05) is 54.6 Å². The van der Waals surface area contributed by atoms with Gasteiger partial charge in [0, 0.05) is 6.61 Å². The van der Waals surface area contributed by atoms with Gasteiger partial charge in [-0.2, -0.15) is 0 Å². The maximum absolute atomic E-state index is 4.68. The molecule has 0 unspecified atom stereocenters. The highest BCUT2D eigenvalue weighted by molar-refractivity contribution is 5.97. The lowest BCUT2D eigenvalue weighted by atomic mass is 9.47. The van der Waals surface area contributed by atoms with Crippen LogP contribution in [0.2, 0.25) is 0 Å². The van der Waals surface area contributed by atoms with E-state index in [2.05, 4.69) is 59.0 Å². The van der Waals surface area contributed by atoms with E-state index < -0.39 is 0 Å². The van der Waals surface area contributed by atoms with Crippen LogP contribution in [0.3, 0.4) is 0 Å². The number of benzene rings is 2. The van der Waals surface area contributed by atoms with Crippen LogP contribution in [0, 0.1) is 17.8 Å². The molecule has 2 heteroatoms. The standard InChI is InChI=1S/C22H24.C2H8OSi/c1-2-6-19(7-3-1)20-8-4-5-9-21(20)22-13-16-10-17(14-22)12-18(11-16)15-22;1-2-3-4/h1-9,16-18H,10-15H2;2H2,1,4H3. The zero-order valence-corrected chi connectivity index (χ0v) is 18.3. The Hall–Kier alpha value is -1.38. The first-order valence-electron chi connectivity index (χ1n) is 10.4. The van der Waals surface area contributed by atoms with Crippen molar-refractivity contribution >= 4 is 10.5 Å². The average molecular weight is 365 g/mol. The number of hydrogen-bond acceptors (Lipinski definition) is 1. The van der Waals surface area contributed by atoms with Crippen molar-refractivity contribution in [3.8, 4) is 11.1 Å². The minimum atomic E-state index is 0.487. The van der Waals surface area contributed by atoms with Gasteiger partial charge < -0.3 is 4.43 Å². The molecule has 4 aliphatic rings. The highest BCUT2D eigenvalue weighted by atomic mass is 28.2. The Morgan fingerprint density at radius 1 is 0.846 bits per heavy atom. The fourth-order valence-electron chi connectivity index (χ4n) is 6.26. The van der Waals surface area contributed by atoms with Crippen molar-refractivity contribution < 1.29 is 4.43 Å². The summed E-state index contributed by atoms with van der Waals surface area (Å²) >= 11 is 0. The van der Waals surface area contributed by atoms with Gasteiger partial charge in [0.25, 0.3) is 0 Å². The van der Waals surface area contributed by atoms with Gasteiger partial charge in [0.15, 0.2) is 0 Å². The zero-order chi connectivity index (χ0) is 18.0. The van der Waals surface area contributed by atoms with Crippen LogP contribution in [0.1, 0.15) is 51.0 Å². The molecule has 0 saturated heterocycles. The first-order chi connectivity index (χ1) is 12.7. The molecule has 4 fully saturated rings. The van der Waals surface area contributed by atoms with Crippen molar-refractivity contribution in [3.05, 3.63) is 60.2 Å². The molecule has 1 nitrogen and oxygen atoms in total. The number of rotatable bonds is 3. The van der Waals surface area contributed by atoms with Crippen LogP contribution in [-0.2, 0) is 9.84 Å². The molecule has 0 atom stereocenters. The Balaban J connectivity index is 0.000000385. The molecule has 0 aromatic heterocycles. The van der Waals surface area contributed by atoms with Crippen LogP contribution in [0.5, 0.6) is 0 Å². The van der Waals surface area contributed by atoms with Gasteiger partial charge in [0.05, 0.1) is 0 Å². The molecule has 4 bridgehead atoms. The Morgan fingerprint density at radius 2 is 1.35 bits per heavy atom. The third kappa shape index (κ3) is 3.42. The molecule has 0 spiro atoms. The largest absolute Gasteiger partial charge is 0.428 e. The highest BCUT2D eigenvalue weighted by Gasteiger charge is 2.52. The average Bonchev–Trinajstić information content (AvgIpc) is 2.68. The van der Waals surface area contributed by atoms with Crippen molar-refractivity contribution in [2.45, 2.75) is 50.9 Å². The van der Waals surface area contributed by atoms with Crippen LogP contribution in [0.25, 0.3) is 11.1 Å². The molecule has 0 heterocycles. The Kier molecular flexibility index (Phi) is 5.33. The third-order valence-electron chi connectivity index (χ3n) is 6.91. The SMILES string of the molecule is CCO[SiH3].c1ccc(-c2ccccc2C23CC4CC(CC(C4)C2)C3)cc1. The molecule has 26 heavy (non-hydrogen) atoms. The quantitative estimate of drug-likeness (QED) is 0.687. The summed E-state index contributed by atoms with van der Waals surface area (Å²) in [6.07, 6.45) is 8.90. The van der Waals surface area contributed by atoms with Crippen molar-refractivity contribution in [2.24, 2.45) is 17.8 Å². The molecule has 2 aromatic carbocycles. The fraction of sp³-hybridized carbons (Fsp3) is 0.500. The predicted molar refractivity (Wildman–Crippen MR) is 113 cm³/mol. The summed E-state index contributed by atoms with van der Waals surface area (Å²) in [5.41, 5.74) is 5.03. The summed E-state index contributed by atoms with van der Waals surface area (Å²) in [4.78, 5) is 0.